The van der Waals surface area contributed by atoms with E-state index in [-0.39, 0.29) is 12.1 Å². The average Bonchev–Trinajstić information content (AvgIpc) is 2.53. The van der Waals surface area contributed by atoms with Crippen LogP contribution in [0, 0.1) is 0 Å². The van der Waals surface area contributed by atoms with Crippen LogP contribution in [-0.2, 0) is 9.53 Å². The summed E-state index contributed by atoms with van der Waals surface area (Å²) in [5, 5.41) is 9.28. The lowest BCUT2D eigenvalue weighted by atomic mass is 10.1. The molecule has 1 atom stereocenters. The van der Waals surface area contributed by atoms with Crippen LogP contribution in [0.5, 0.6) is 0 Å². The standard InChI is InChI=1S/C10H20O2.C10H20O/c1-3-5-6-7-8-9-10(11)12-4-2;1-3-5-6-7-9-10(11)8-4-2/h3-9H2,1-2H3;4,10-11H,2-3,5-9H2,1H3/t;10-/m.0/s1. The van der Waals surface area contributed by atoms with Crippen LogP contribution < -0.4 is 0 Å². The van der Waals surface area contributed by atoms with Gasteiger partial charge in [0, 0.05) is 6.42 Å². The minimum Gasteiger partial charge on any atom is -0.466 e. The summed E-state index contributed by atoms with van der Waals surface area (Å²) in [4.78, 5) is 10.9. The summed E-state index contributed by atoms with van der Waals surface area (Å²) in [5.41, 5.74) is 0. The van der Waals surface area contributed by atoms with E-state index < -0.39 is 0 Å². The molecule has 0 heterocycles. The number of aliphatic hydroxyl groups excluding tert-OH is 1. The van der Waals surface area contributed by atoms with E-state index in [0.717, 1.165) is 32.1 Å². The van der Waals surface area contributed by atoms with Crippen LogP contribution in [0.15, 0.2) is 12.7 Å². The van der Waals surface area contributed by atoms with E-state index in [0.29, 0.717) is 13.0 Å². The second kappa shape index (κ2) is 21.2. The van der Waals surface area contributed by atoms with Crippen molar-refractivity contribution in [2.45, 2.75) is 104 Å². The van der Waals surface area contributed by atoms with Crippen molar-refractivity contribution in [2.24, 2.45) is 0 Å². The Morgan fingerprint density at radius 3 is 2.09 bits per heavy atom. The molecule has 0 aromatic carbocycles. The average molecular weight is 329 g/mol. The molecule has 3 nitrogen and oxygen atoms in total. The molecule has 0 saturated heterocycles. The molecule has 0 rings (SSSR count). The molecule has 0 spiro atoms. The zero-order valence-electron chi connectivity index (χ0n) is 15.8. The second-order valence-corrected chi connectivity index (χ2v) is 6.00. The molecule has 1 N–H and O–H groups in total. The van der Waals surface area contributed by atoms with Crippen LogP contribution in [-0.4, -0.2) is 23.8 Å². The number of ether oxygens (including phenoxy) is 1. The highest BCUT2D eigenvalue weighted by Gasteiger charge is 2.00. The Balaban J connectivity index is 0. The van der Waals surface area contributed by atoms with Crippen molar-refractivity contribution in [3.63, 3.8) is 0 Å². The number of carbonyl (C=O) groups excluding carboxylic acids is 1. The lowest BCUT2D eigenvalue weighted by Crippen LogP contribution is -2.03. The fourth-order valence-electron chi connectivity index (χ4n) is 2.22. The molecule has 0 amide bonds. The number of carbonyl (C=O) groups is 1. The van der Waals surface area contributed by atoms with E-state index >= 15 is 0 Å². The van der Waals surface area contributed by atoms with Gasteiger partial charge in [-0.15, -0.1) is 6.58 Å². The number of esters is 1. The first kappa shape index (κ1) is 24.4. The quantitative estimate of drug-likeness (QED) is 0.249. The lowest BCUT2D eigenvalue weighted by Gasteiger charge is -2.06. The van der Waals surface area contributed by atoms with E-state index in [4.69, 9.17) is 4.74 Å². The first-order valence-electron chi connectivity index (χ1n) is 9.56. The Kier molecular flexibility index (Phi) is 22.5. The van der Waals surface area contributed by atoms with E-state index in [1.54, 1.807) is 6.08 Å². The highest BCUT2D eigenvalue weighted by molar-refractivity contribution is 5.69. The second-order valence-electron chi connectivity index (χ2n) is 6.00. The van der Waals surface area contributed by atoms with Crippen molar-refractivity contribution in [2.75, 3.05) is 6.61 Å². The molecular weight excluding hydrogens is 288 g/mol. The van der Waals surface area contributed by atoms with Crippen LogP contribution in [0.1, 0.15) is 97.8 Å². The number of aliphatic hydroxyl groups is 1. The van der Waals surface area contributed by atoms with Gasteiger partial charge in [0.2, 0.25) is 0 Å². The molecule has 0 fully saturated rings. The Morgan fingerprint density at radius 2 is 1.57 bits per heavy atom. The van der Waals surface area contributed by atoms with Gasteiger partial charge in [0.25, 0.3) is 0 Å². The van der Waals surface area contributed by atoms with Gasteiger partial charge in [-0.05, 0) is 26.2 Å². The molecule has 0 aliphatic carbocycles. The van der Waals surface area contributed by atoms with Crippen LogP contribution >= 0.6 is 0 Å². The Morgan fingerprint density at radius 1 is 1.00 bits per heavy atom. The molecule has 0 aliphatic rings. The van der Waals surface area contributed by atoms with Crippen molar-refractivity contribution in [1.82, 2.24) is 0 Å². The number of hydrogen-bond donors (Lipinski definition) is 1. The minimum atomic E-state index is -0.149. The number of hydrogen-bond acceptors (Lipinski definition) is 3. The van der Waals surface area contributed by atoms with Gasteiger partial charge < -0.3 is 9.84 Å². The SMILES string of the molecule is C=CC[C@H](O)CCCCCC.CCCCCCCC(=O)OCC. The van der Waals surface area contributed by atoms with Gasteiger partial charge in [0.05, 0.1) is 12.7 Å². The minimum absolute atomic E-state index is 0.0472. The molecule has 0 aliphatic heterocycles. The van der Waals surface area contributed by atoms with Gasteiger partial charge in [-0.1, -0.05) is 71.3 Å². The third-order valence-electron chi connectivity index (χ3n) is 3.62. The van der Waals surface area contributed by atoms with Crippen LogP contribution in [0.25, 0.3) is 0 Å². The highest BCUT2D eigenvalue weighted by atomic mass is 16.5. The fraction of sp³-hybridized carbons (Fsp3) is 0.850. The number of unbranched alkanes of at least 4 members (excludes halogenated alkanes) is 7. The molecule has 0 aromatic heterocycles. The number of rotatable bonds is 14. The first-order chi connectivity index (χ1) is 11.1. The van der Waals surface area contributed by atoms with E-state index in [2.05, 4.69) is 20.4 Å². The zero-order valence-corrected chi connectivity index (χ0v) is 15.8. The van der Waals surface area contributed by atoms with E-state index in [9.17, 15) is 9.90 Å². The highest BCUT2D eigenvalue weighted by Crippen LogP contribution is 2.07. The summed E-state index contributed by atoms with van der Waals surface area (Å²) in [6.45, 7) is 10.3. The maximum absolute atomic E-state index is 10.9. The van der Waals surface area contributed by atoms with Gasteiger partial charge in [-0.25, -0.2) is 0 Å². The normalized spacial score (nSPS) is 11.3. The molecule has 0 unspecified atom stereocenters. The summed E-state index contributed by atoms with van der Waals surface area (Å²) in [6, 6.07) is 0. The Labute approximate surface area is 144 Å². The Hall–Kier alpha value is -0.830. The molecule has 0 aromatic rings. The molecule has 23 heavy (non-hydrogen) atoms. The van der Waals surface area contributed by atoms with Gasteiger partial charge in [-0.2, -0.15) is 0 Å². The maximum atomic E-state index is 10.9. The summed E-state index contributed by atoms with van der Waals surface area (Å²) < 4.78 is 4.81. The van der Waals surface area contributed by atoms with Crippen LogP contribution in [0.3, 0.4) is 0 Å². The fourth-order valence-corrected chi connectivity index (χ4v) is 2.22. The van der Waals surface area contributed by atoms with Crippen molar-refractivity contribution >= 4 is 5.97 Å². The predicted octanol–water partition coefficient (Wildman–Crippen LogP) is 5.80. The largest absolute Gasteiger partial charge is 0.466 e. The van der Waals surface area contributed by atoms with Gasteiger partial charge in [0.1, 0.15) is 0 Å². The molecule has 0 radical (unpaired) electrons. The third-order valence-corrected chi connectivity index (χ3v) is 3.62. The molecular formula is C20H40O3. The van der Waals surface area contributed by atoms with Gasteiger partial charge in [-0.3, -0.25) is 4.79 Å². The summed E-state index contributed by atoms with van der Waals surface area (Å²) in [7, 11) is 0. The molecule has 3 heteroatoms. The monoisotopic (exact) mass is 328 g/mol. The van der Waals surface area contributed by atoms with Crippen LogP contribution in [0.4, 0.5) is 0 Å². The first-order valence-corrected chi connectivity index (χ1v) is 9.56. The van der Waals surface area contributed by atoms with Gasteiger partial charge >= 0.3 is 5.97 Å². The zero-order chi connectivity index (χ0) is 17.8. The molecule has 0 saturated carbocycles. The lowest BCUT2D eigenvalue weighted by molar-refractivity contribution is -0.143. The third kappa shape index (κ3) is 23.6. The van der Waals surface area contributed by atoms with E-state index in [1.807, 2.05) is 6.92 Å². The summed E-state index contributed by atoms with van der Waals surface area (Å²) in [6.07, 6.45) is 14.8. The van der Waals surface area contributed by atoms with Crippen molar-refractivity contribution in [3.8, 4) is 0 Å². The summed E-state index contributed by atoms with van der Waals surface area (Å²) in [5.74, 6) is -0.0472. The van der Waals surface area contributed by atoms with Crippen LogP contribution in [0.2, 0.25) is 0 Å². The molecule has 138 valence electrons. The van der Waals surface area contributed by atoms with E-state index in [1.165, 1.54) is 38.5 Å². The summed E-state index contributed by atoms with van der Waals surface area (Å²) >= 11 is 0. The van der Waals surface area contributed by atoms with Crippen molar-refractivity contribution in [3.05, 3.63) is 12.7 Å². The predicted molar refractivity (Wildman–Crippen MR) is 99.6 cm³/mol. The topological polar surface area (TPSA) is 46.5 Å². The maximum Gasteiger partial charge on any atom is 0.305 e. The smallest absolute Gasteiger partial charge is 0.305 e. The Bertz CT molecular complexity index is 251. The van der Waals surface area contributed by atoms with Crippen molar-refractivity contribution < 1.29 is 14.6 Å². The molecule has 0 bridgehead atoms. The van der Waals surface area contributed by atoms with Gasteiger partial charge in [0.15, 0.2) is 0 Å². The van der Waals surface area contributed by atoms with Crippen molar-refractivity contribution in [1.29, 1.82) is 0 Å².